The van der Waals surface area contributed by atoms with E-state index in [1.54, 1.807) is 0 Å². The highest BCUT2D eigenvalue weighted by molar-refractivity contribution is 7.26. The Bertz CT molecular complexity index is 3530. The van der Waals surface area contributed by atoms with E-state index in [0.717, 1.165) is 43.7 Å². The van der Waals surface area contributed by atoms with Crippen LogP contribution in [0.15, 0.2) is 182 Å². The van der Waals surface area contributed by atoms with Gasteiger partial charge in [0.05, 0.1) is 24.9 Å². The highest BCUT2D eigenvalue weighted by Crippen LogP contribution is 2.45. The second-order valence-corrected chi connectivity index (χ2v) is 14.1. The largest absolute Gasteiger partial charge is 0.308 e. The van der Waals surface area contributed by atoms with Crippen LogP contribution in [0.5, 0.6) is 0 Å². The number of benzene rings is 8. The lowest BCUT2D eigenvalue weighted by atomic mass is 9.97. The second kappa shape index (κ2) is 12.3. The van der Waals surface area contributed by atoms with Gasteiger partial charge in [-0.1, -0.05) is 152 Å². The van der Waals surface area contributed by atoms with E-state index in [1.165, 1.54) is 17.4 Å². The van der Waals surface area contributed by atoms with Gasteiger partial charge in [0.25, 0.3) is 0 Å². The predicted molar refractivity (Wildman–Crippen MR) is 226 cm³/mol. The van der Waals surface area contributed by atoms with Crippen molar-refractivity contribution < 1.29 is 8.22 Å². The van der Waals surface area contributed by atoms with E-state index in [1.807, 2.05) is 91.0 Å². The Hall–Kier alpha value is -6.95. The zero-order valence-electron chi connectivity index (χ0n) is 34.6. The van der Waals surface area contributed by atoms with Gasteiger partial charge >= 0.3 is 0 Å². The summed E-state index contributed by atoms with van der Waals surface area (Å²) < 4.78 is 57.2. The van der Waals surface area contributed by atoms with Gasteiger partial charge in [0.2, 0.25) is 0 Å². The Morgan fingerprint density at radius 2 is 1.11 bits per heavy atom. The summed E-state index contributed by atoms with van der Waals surface area (Å²) in [6.07, 6.45) is 0. The SMILES string of the molecule is [2H]c1cc([2H])c2sc3c(-c4cccc(-c5nc(-c6ccccc6)nc(-c6ccc7ccccc7c6)n5)c4-n4c5ccccc5c5ccccc54)c([2H])c([2H])c([2H])c3c2c1[2H]. The van der Waals surface area contributed by atoms with Gasteiger partial charge in [0.1, 0.15) is 0 Å². The van der Waals surface area contributed by atoms with Crippen molar-refractivity contribution in [1.82, 2.24) is 19.5 Å². The van der Waals surface area contributed by atoms with Crippen molar-refractivity contribution in [3.8, 4) is 51.0 Å². The third-order valence-corrected chi connectivity index (χ3v) is 11.1. The Kier molecular flexibility index (Phi) is 5.73. The minimum atomic E-state index is -0.304. The maximum absolute atomic E-state index is 9.58. The molecule has 8 aromatic carbocycles. The van der Waals surface area contributed by atoms with Crippen LogP contribution in [0.4, 0.5) is 0 Å². The van der Waals surface area contributed by atoms with E-state index in [4.69, 9.17) is 20.4 Å². The van der Waals surface area contributed by atoms with Crippen LogP contribution in [-0.2, 0) is 0 Å². The molecule has 5 heteroatoms. The van der Waals surface area contributed by atoms with Crippen LogP contribution in [0.2, 0.25) is 0 Å². The molecule has 0 fully saturated rings. The van der Waals surface area contributed by atoms with Crippen LogP contribution in [0.1, 0.15) is 8.22 Å². The van der Waals surface area contributed by atoms with Crippen molar-refractivity contribution in [2.24, 2.45) is 0 Å². The minimum Gasteiger partial charge on any atom is -0.308 e. The Balaban J connectivity index is 1.30. The van der Waals surface area contributed by atoms with Crippen molar-refractivity contribution >= 4 is 64.1 Å². The molecule has 11 rings (SSSR count). The molecule has 252 valence electrons. The lowest BCUT2D eigenvalue weighted by Gasteiger charge is -2.19. The molecule has 0 spiro atoms. The van der Waals surface area contributed by atoms with Gasteiger partial charge in [-0.2, -0.15) is 0 Å². The van der Waals surface area contributed by atoms with E-state index >= 15 is 0 Å². The Morgan fingerprint density at radius 1 is 0.444 bits per heavy atom. The molecular weight excluding hydrogens is 677 g/mol. The lowest BCUT2D eigenvalue weighted by Crippen LogP contribution is -2.05. The molecule has 11 aromatic rings. The van der Waals surface area contributed by atoms with E-state index < -0.39 is 0 Å². The van der Waals surface area contributed by atoms with Gasteiger partial charge in [-0.25, -0.2) is 15.0 Å². The van der Waals surface area contributed by atoms with Gasteiger partial charge in [0, 0.05) is 58.8 Å². The van der Waals surface area contributed by atoms with Crippen LogP contribution in [-0.4, -0.2) is 19.5 Å². The normalized spacial score (nSPS) is 13.3. The zero-order chi connectivity index (χ0) is 40.8. The molecule has 3 heterocycles. The molecule has 0 N–H and O–H groups in total. The molecule has 0 aliphatic carbocycles. The summed E-state index contributed by atoms with van der Waals surface area (Å²) in [6.45, 7) is 0. The summed E-state index contributed by atoms with van der Waals surface area (Å²) >= 11 is 1.22. The molecule has 0 unspecified atom stereocenters. The predicted octanol–water partition coefficient (Wildman–Crippen LogP) is 13.2. The molecule has 3 aromatic heterocycles. The van der Waals surface area contributed by atoms with E-state index in [2.05, 4.69) is 53.1 Å². The number of hydrogen-bond acceptors (Lipinski definition) is 4. The maximum Gasteiger partial charge on any atom is 0.166 e. The number of hydrogen-bond donors (Lipinski definition) is 0. The van der Waals surface area contributed by atoms with Crippen LogP contribution in [0.25, 0.3) is 104 Å². The standard InChI is InChI=1S/C49H30N4S/c1-2-15-32(16-3-1)47-50-48(34-29-28-31-14-4-5-17-33(31)30-34)52-49(51-47)41-24-12-21-38(40-23-13-22-39-37-20-8-11-27-44(37)54-46(39)40)45(41)53-42-25-9-6-18-35(42)36-19-7-10-26-43(36)53/h1-30H/i8D,13D,20D,22D,23D,27D. The van der Waals surface area contributed by atoms with Gasteiger partial charge in [-0.15, -0.1) is 11.3 Å². The molecule has 54 heavy (non-hydrogen) atoms. The average molecular weight is 713 g/mol. The molecule has 4 nitrogen and oxygen atoms in total. The summed E-state index contributed by atoms with van der Waals surface area (Å²) in [5.74, 6) is 1.37. The fraction of sp³-hybridized carbons (Fsp3) is 0. The Morgan fingerprint density at radius 3 is 1.93 bits per heavy atom. The van der Waals surface area contributed by atoms with Gasteiger partial charge in [-0.05, 0) is 41.1 Å². The molecule has 0 saturated heterocycles. The van der Waals surface area contributed by atoms with E-state index in [9.17, 15) is 2.74 Å². The number of thiophene rings is 1. The third kappa shape index (κ3) is 4.86. The van der Waals surface area contributed by atoms with Crippen LogP contribution in [0, 0.1) is 0 Å². The quantitative estimate of drug-likeness (QED) is 0.178. The summed E-state index contributed by atoms with van der Waals surface area (Å²) in [7, 11) is 0. The van der Waals surface area contributed by atoms with Crippen molar-refractivity contribution in [1.29, 1.82) is 0 Å². The number of para-hydroxylation sites is 3. The highest BCUT2D eigenvalue weighted by Gasteiger charge is 2.24. The summed E-state index contributed by atoms with van der Waals surface area (Å²) in [5, 5.41) is 4.77. The fourth-order valence-electron chi connectivity index (χ4n) is 7.56. The first kappa shape index (κ1) is 25.1. The number of nitrogens with zero attached hydrogens (tertiary/aromatic N) is 4. The first-order valence-electron chi connectivity index (χ1n) is 20.6. The first-order chi connectivity index (χ1) is 29.3. The van der Waals surface area contributed by atoms with Crippen LogP contribution in [0.3, 0.4) is 0 Å². The van der Waals surface area contributed by atoms with Crippen LogP contribution >= 0.6 is 11.3 Å². The molecular formula is C49H30N4S. The molecule has 0 bridgehead atoms. The highest BCUT2D eigenvalue weighted by atomic mass is 32.1. The molecule has 0 amide bonds. The van der Waals surface area contributed by atoms with Crippen molar-refractivity contribution in [2.75, 3.05) is 0 Å². The molecule has 0 saturated carbocycles. The smallest absolute Gasteiger partial charge is 0.166 e. The van der Waals surface area contributed by atoms with Crippen molar-refractivity contribution in [3.05, 3.63) is 182 Å². The summed E-state index contributed by atoms with van der Waals surface area (Å²) in [4.78, 5) is 15.5. The average Bonchev–Trinajstić information content (AvgIpc) is 3.85. The van der Waals surface area contributed by atoms with E-state index in [0.29, 0.717) is 54.6 Å². The monoisotopic (exact) mass is 712 g/mol. The maximum atomic E-state index is 9.58. The lowest BCUT2D eigenvalue weighted by molar-refractivity contribution is 1.07. The molecule has 0 aliphatic rings. The summed E-state index contributed by atoms with van der Waals surface area (Å²) in [6, 6.07) is 46.7. The van der Waals surface area contributed by atoms with Crippen molar-refractivity contribution in [2.45, 2.75) is 0 Å². The third-order valence-electron chi connectivity index (χ3n) is 10.0. The zero-order valence-corrected chi connectivity index (χ0v) is 29.4. The number of rotatable bonds is 5. The summed E-state index contributed by atoms with van der Waals surface area (Å²) in [5.41, 5.74) is 5.73. The molecule has 0 aliphatic heterocycles. The topological polar surface area (TPSA) is 43.6 Å². The van der Waals surface area contributed by atoms with Gasteiger partial charge in [-0.3, -0.25) is 0 Å². The van der Waals surface area contributed by atoms with Gasteiger partial charge in [0.15, 0.2) is 17.5 Å². The fourth-order valence-corrected chi connectivity index (χ4v) is 8.66. The van der Waals surface area contributed by atoms with Crippen LogP contribution < -0.4 is 0 Å². The minimum absolute atomic E-state index is 0.0619. The number of aromatic nitrogens is 4. The van der Waals surface area contributed by atoms with Gasteiger partial charge < -0.3 is 4.57 Å². The molecule has 0 radical (unpaired) electrons. The number of fused-ring (bicyclic) bond motifs is 7. The van der Waals surface area contributed by atoms with Crippen molar-refractivity contribution in [3.63, 3.8) is 0 Å². The Labute approximate surface area is 323 Å². The van der Waals surface area contributed by atoms with E-state index in [-0.39, 0.29) is 41.6 Å². The first-order valence-corrected chi connectivity index (χ1v) is 18.4. The second-order valence-electron chi connectivity index (χ2n) is 13.1. The molecule has 0 atom stereocenters.